The Labute approximate surface area is 166 Å². The average Bonchev–Trinajstić information content (AvgIpc) is 2.74. The fraction of sp³-hybridized carbons (Fsp3) is 0.250. The van der Waals surface area contributed by atoms with Crippen LogP contribution in [0.3, 0.4) is 0 Å². The maximum atomic E-state index is 13.0. The number of amides is 1. The van der Waals surface area contributed by atoms with Crippen LogP contribution in [0.2, 0.25) is 0 Å². The second-order valence-electron chi connectivity index (χ2n) is 6.63. The molecule has 0 fully saturated rings. The smallest absolute Gasteiger partial charge is 0.227 e. The van der Waals surface area contributed by atoms with Gasteiger partial charge in [0.2, 0.25) is 5.91 Å². The third kappa shape index (κ3) is 5.95. The van der Waals surface area contributed by atoms with E-state index in [0.717, 1.165) is 29.0 Å². The zero-order valence-corrected chi connectivity index (χ0v) is 16.3. The predicted molar refractivity (Wildman–Crippen MR) is 111 cm³/mol. The normalized spacial score (nSPS) is 10.5. The van der Waals surface area contributed by atoms with E-state index in [9.17, 15) is 4.79 Å². The number of aromatic nitrogens is 1. The minimum atomic E-state index is 0.115. The Bertz CT molecular complexity index is 849. The highest BCUT2D eigenvalue weighted by atomic mass is 16.5. The number of hydrogen-bond donors (Lipinski definition) is 0. The molecular weight excluding hydrogens is 348 g/mol. The first-order valence-corrected chi connectivity index (χ1v) is 9.68. The summed E-state index contributed by atoms with van der Waals surface area (Å²) in [6.07, 6.45) is 2.91. The summed E-state index contributed by atoms with van der Waals surface area (Å²) in [5, 5.41) is 0. The minimum Gasteiger partial charge on any atom is -0.494 e. The number of carbonyl (C=O) groups excluding carboxylic acids is 1. The number of rotatable bonds is 9. The maximum Gasteiger partial charge on any atom is 0.227 e. The van der Waals surface area contributed by atoms with Crippen molar-refractivity contribution < 1.29 is 9.53 Å². The molecule has 0 spiro atoms. The quantitative estimate of drug-likeness (QED) is 0.561. The van der Waals surface area contributed by atoms with Gasteiger partial charge in [-0.05, 0) is 42.3 Å². The summed E-state index contributed by atoms with van der Waals surface area (Å²) in [6.45, 7) is 3.84. The van der Waals surface area contributed by atoms with E-state index in [1.807, 2.05) is 72.5 Å². The van der Waals surface area contributed by atoms with Gasteiger partial charge in [0.15, 0.2) is 0 Å². The molecule has 0 saturated heterocycles. The van der Waals surface area contributed by atoms with Crippen LogP contribution in [-0.2, 0) is 24.2 Å². The van der Waals surface area contributed by atoms with E-state index in [1.54, 1.807) is 6.20 Å². The van der Waals surface area contributed by atoms with Gasteiger partial charge in [-0.1, -0.05) is 48.5 Å². The lowest BCUT2D eigenvalue weighted by Gasteiger charge is -2.23. The Morgan fingerprint density at radius 2 is 1.68 bits per heavy atom. The van der Waals surface area contributed by atoms with Gasteiger partial charge in [-0.2, -0.15) is 0 Å². The van der Waals surface area contributed by atoms with Gasteiger partial charge in [-0.25, -0.2) is 0 Å². The van der Waals surface area contributed by atoms with Gasteiger partial charge in [0, 0.05) is 31.4 Å². The zero-order chi connectivity index (χ0) is 19.6. The van der Waals surface area contributed by atoms with Crippen molar-refractivity contribution >= 4 is 5.91 Å². The third-order valence-electron chi connectivity index (χ3n) is 4.52. The second kappa shape index (κ2) is 10.3. The van der Waals surface area contributed by atoms with Crippen molar-refractivity contribution in [3.63, 3.8) is 0 Å². The van der Waals surface area contributed by atoms with Crippen LogP contribution in [0.5, 0.6) is 5.75 Å². The highest BCUT2D eigenvalue weighted by Gasteiger charge is 2.15. The number of nitrogens with zero attached hydrogens (tertiary/aromatic N) is 2. The molecular formula is C24H26N2O2. The summed E-state index contributed by atoms with van der Waals surface area (Å²) in [7, 11) is 0. The molecule has 1 aromatic heterocycles. The number of carbonyl (C=O) groups is 1. The number of benzene rings is 2. The van der Waals surface area contributed by atoms with Crippen LogP contribution < -0.4 is 4.74 Å². The molecule has 1 amide bonds. The summed E-state index contributed by atoms with van der Waals surface area (Å²) in [6, 6.07) is 23.7. The first-order valence-electron chi connectivity index (χ1n) is 9.68. The highest BCUT2D eigenvalue weighted by Crippen LogP contribution is 2.14. The molecule has 0 atom stereocenters. The van der Waals surface area contributed by atoms with Gasteiger partial charge in [-0.3, -0.25) is 9.78 Å². The molecule has 0 N–H and O–H groups in total. The SMILES string of the molecule is CCOc1ccc(CC(=O)N(CCc2ccccn2)Cc2ccccc2)cc1. The van der Waals surface area contributed by atoms with Crippen molar-refractivity contribution in [1.29, 1.82) is 0 Å². The molecule has 0 unspecified atom stereocenters. The standard InChI is InChI=1S/C24H26N2O2/c1-2-28-23-13-11-20(12-14-23)18-24(27)26(19-21-8-4-3-5-9-21)17-15-22-10-6-7-16-25-22/h3-14,16H,2,15,17-19H2,1H3. The van der Waals surface area contributed by atoms with Crippen LogP contribution in [0.25, 0.3) is 0 Å². The van der Waals surface area contributed by atoms with E-state index in [2.05, 4.69) is 17.1 Å². The van der Waals surface area contributed by atoms with Crippen LogP contribution in [0.15, 0.2) is 79.0 Å². The van der Waals surface area contributed by atoms with E-state index in [4.69, 9.17) is 4.74 Å². The van der Waals surface area contributed by atoms with Gasteiger partial charge in [0.25, 0.3) is 0 Å². The van der Waals surface area contributed by atoms with Gasteiger partial charge >= 0.3 is 0 Å². The molecule has 0 saturated carbocycles. The Morgan fingerprint density at radius 3 is 2.36 bits per heavy atom. The van der Waals surface area contributed by atoms with E-state index in [0.29, 0.717) is 26.1 Å². The molecule has 4 nitrogen and oxygen atoms in total. The first-order chi connectivity index (χ1) is 13.7. The molecule has 0 radical (unpaired) electrons. The Morgan fingerprint density at radius 1 is 0.929 bits per heavy atom. The number of ether oxygens (including phenoxy) is 1. The second-order valence-corrected chi connectivity index (χ2v) is 6.63. The molecule has 28 heavy (non-hydrogen) atoms. The van der Waals surface area contributed by atoms with Crippen molar-refractivity contribution in [1.82, 2.24) is 9.88 Å². The molecule has 144 valence electrons. The van der Waals surface area contributed by atoms with E-state index >= 15 is 0 Å². The van der Waals surface area contributed by atoms with E-state index in [1.165, 1.54) is 0 Å². The van der Waals surface area contributed by atoms with Crippen LogP contribution >= 0.6 is 0 Å². The highest BCUT2D eigenvalue weighted by molar-refractivity contribution is 5.78. The molecule has 2 aromatic carbocycles. The average molecular weight is 374 g/mol. The Balaban J connectivity index is 1.68. The summed E-state index contributed by atoms with van der Waals surface area (Å²) in [5.41, 5.74) is 3.11. The van der Waals surface area contributed by atoms with Gasteiger partial charge in [-0.15, -0.1) is 0 Å². The largest absolute Gasteiger partial charge is 0.494 e. The van der Waals surface area contributed by atoms with Crippen molar-refractivity contribution in [3.8, 4) is 5.75 Å². The third-order valence-corrected chi connectivity index (χ3v) is 4.52. The first kappa shape index (κ1) is 19.6. The van der Waals surface area contributed by atoms with Gasteiger partial charge < -0.3 is 9.64 Å². The van der Waals surface area contributed by atoms with Crippen LogP contribution in [0.1, 0.15) is 23.7 Å². The number of pyridine rings is 1. The summed E-state index contributed by atoms with van der Waals surface area (Å²) >= 11 is 0. The molecule has 0 bridgehead atoms. The Hall–Kier alpha value is -3.14. The summed E-state index contributed by atoms with van der Waals surface area (Å²) < 4.78 is 5.48. The lowest BCUT2D eigenvalue weighted by Crippen LogP contribution is -2.33. The van der Waals surface area contributed by atoms with Crippen molar-refractivity contribution in [2.75, 3.05) is 13.2 Å². The summed E-state index contributed by atoms with van der Waals surface area (Å²) in [5.74, 6) is 0.943. The van der Waals surface area contributed by atoms with E-state index < -0.39 is 0 Å². The fourth-order valence-corrected chi connectivity index (χ4v) is 3.05. The van der Waals surface area contributed by atoms with Crippen molar-refractivity contribution in [2.24, 2.45) is 0 Å². The molecule has 4 heteroatoms. The molecule has 0 aliphatic rings. The lowest BCUT2D eigenvalue weighted by atomic mass is 10.1. The Kier molecular flexibility index (Phi) is 7.19. The lowest BCUT2D eigenvalue weighted by molar-refractivity contribution is -0.131. The van der Waals surface area contributed by atoms with Crippen molar-refractivity contribution in [3.05, 3.63) is 95.8 Å². The van der Waals surface area contributed by atoms with E-state index in [-0.39, 0.29) is 5.91 Å². The fourth-order valence-electron chi connectivity index (χ4n) is 3.05. The van der Waals surface area contributed by atoms with Crippen LogP contribution in [-0.4, -0.2) is 28.9 Å². The zero-order valence-electron chi connectivity index (χ0n) is 16.3. The number of hydrogen-bond acceptors (Lipinski definition) is 3. The molecule has 1 heterocycles. The monoisotopic (exact) mass is 374 g/mol. The molecule has 3 rings (SSSR count). The maximum absolute atomic E-state index is 13.0. The van der Waals surface area contributed by atoms with Crippen LogP contribution in [0, 0.1) is 0 Å². The molecule has 0 aliphatic heterocycles. The molecule has 3 aromatic rings. The molecule has 0 aliphatic carbocycles. The van der Waals surface area contributed by atoms with Gasteiger partial charge in [0.1, 0.15) is 5.75 Å². The van der Waals surface area contributed by atoms with Crippen molar-refractivity contribution in [2.45, 2.75) is 26.3 Å². The minimum absolute atomic E-state index is 0.115. The predicted octanol–water partition coefficient (Wildman–Crippen LogP) is 4.29. The van der Waals surface area contributed by atoms with Gasteiger partial charge in [0.05, 0.1) is 13.0 Å². The summed E-state index contributed by atoms with van der Waals surface area (Å²) in [4.78, 5) is 19.3. The topological polar surface area (TPSA) is 42.4 Å². The van der Waals surface area contributed by atoms with Crippen LogP contribution in [0.4, 0.5) is 0 Å².